The summed E-state index contributed by atoms with van der Waals surface area (Å²) in [5, 5.41) is 13.8. The van der Waals surface area contributed by atoms with Crippen LogP contribution in [0.1, 0.15) is 54.8 Å². The van der Waals surface area contributed by atoms with Crippen molar-refractivity contribution in [3.05, 3.63) is 21.9 Å². The Bertz CT molecular complexity index is 540. The minimum atomic E-state index is -0.00750. The van der Waals surface area contributed by atoms with Crippen molar-refractivity contribution in [2.45, 2.75) is 45.6 Å². The van der Waals surface area contributed by atoms with E-state index in [2.05, 4.69) is 31.0 Å². The Balaban J connectivity index is 2.02. The maximum absolute atomic E-state index is 12.4. The maximum Gasteiger partial charge on any atom is 0.262 e. The number of aliphatic hydroxyl groups is 1. The Morgan fingerprint density at radius 1 is 1.52 bits per heavy atom. The molecule has 4 heteroatoms. The highest BCUT2D eigenvalue weighted by atomic mass is 32.1. The summed E-state index contributed by atoms with van der Waals surface area (Å²) in [6, 6.07) is 2.15. The number of aliphatic hydroxyl groups excluding tert-OH is 1. The molecule has 1 aromatic heterocycles. The van der Waals surface area contributed by atoms with Gasteiger partial charge in [-0.15, -0.1) is 11.3 Å². The van der Waals surface area contributed by atoms with Gasteiger partial charge in [-0.1, -0.05) is 32.1 Å². The SMILES string of the molecule is CCC1CCC(NC(=O)c2sccc2C#CCCO)C1C. The molecule has 0 saturated heterocycles. The molecular formula is C17H23NO2S. The van der Waals surface area contributed by atoms with Crippen LogP contribution in [-0.4, -0.2) is 23.7 Å². The number of hydrogen-bond acceptors (Lipinski definition) is 3. The molecule has 1 fully saturated rings. The zero-order valence-electron chi connectivity index (χ0n) is 12.7. The van der Waals surface area contributed by atoms with Crippen molar-refractivity contribution >= 4 is 17.2 Å². The zero-order chi connectivity index (χ0) is 15.2. The van der Waals surface area contributed by atoms with Crippen LogP contribution in [0.15, 0.2) is 11.4 Å². The van der Waals surface area contributed by atoms with Crippen molar-refractivity contribution in [3.8, 4) is 11.8 Å². The van der Waals surface area contributed by atoms with Gasteiger partial charge in [0.1, 0.15) is 4.88 Å². The first-order valence-electron chi connectivity index (χ1n) is 7.65. The van der Waals surface area contributed by atoms with Gasteiger partial charge >= 0.3 is 0 Å². The third-order valence-electron chi connectivity index (χ3n) is 4.40. The molecule has 0 radical (unpaired) electrons. The second-order valence-electron chi connectivity index (χ2n) is 5.62. The summed E-state index contributed by atoms with van der Waals surface area (Å²) in [6.45, 7) is 4.51. The molecule has 0 aliphatic heterocycles. The first-order valence-corrected chi connectivity index (χ1v) is 8.53. The van der Waals surface area contributed by atoms with Gasteiger partial charge in [0.2, 0.25) is 0 Å². The van der Waals surface area contributed by atoms with E-state index in [1.807, 2.05) is 11.4 Å². The van der Waals surface area contributed by atoms with E-state index in [0.29, 0.717) is 17.2 Å². The molecular weight excluding hydrogens is 282 g/mol. The molecule has 1 heterocycles. The number of carbonyl (C=O) groups is 1. The second kappa shape index (κ2) is 7.63. The smallest absolute Gasteiger partial charge is 0.262 e. The van der Waals surface area contributed by atoms with Crippen LogP contribution in [-0.2, 0) is 0 Å². The van der Waals surface area contributed by atoms with Crippen LogP contribution in [0.3, 0.4) is 0 Å². The lowest BCUT2D eigenvalue weighted by molar-refractivity contribution is 0.0930. The average molecular weight is 305 g/mol. The highest BCUT2D eigenvalue weighted by molar-refractivity contribution is 7.12. The minimum absolute atomic E-state index is 0.00750. The fourth-order valence-electron chi connectivity index (χ4n) is 3.06. The second-order valence-corrected chi connectivity index (χ2v) is 6.54. The maximum atomic E-state index is 12.4. The van der Waals surface area contributed by atoms with Crippen molar-refractivity contribution in [3.63, 3.8) is 0 Å². The molecule has 0 spiro atoms. The number of nitrogens with one attached hydrogen (secondary N) is 1. The van der Waals surface area contributed by atoms with Crippen molar-refractivity contribution < 1.29 is 9.90 Å². The molecule has 3 nitrogen and oxygen atoms in total. The predicted octanol–water partition coefficient (Wildman–Crippen LogP) is 3.04. The molecule has 3 unspecified atom stereocenters. The van der Waals surface area contributed by atoms with Crippen LogP contribution in [0.2, 0.25) is 0 Å². The monoisotopic (exact) mass is 305 g/mol. The van der Waals surface area contributed by atoms with Crippen LogP contribution in [0.25, 0.3) is 0 Å². The highest BCUT2D eigenvalue weighted by Gasteiger charge is 2.32. The molecule has 2 rings (SSSR count). The van der Waals surface area contributed by atoms with Gasteiger partial charge in [0.25, 0.3) is 5.91 Å². The van der Waals surface area contributed by atoms with Crippen LogP contribution < -0.4 is 5.32 Å². The summed E-state index contributed by atoms with van der Waals surface area (Å²) in [5.41, 5.74) is 0.767. The fraction of sp³-hybridized carbons (Fsp3) is 0.588. The van der Waals surface area contributed by atoms with E-state index in [4.69, 9.17) is 5.11 Å². The molecule has 114 valence electrons. The summed E-state index contributed by atoms with van der Waals surface area (Å²) in [5.74, 6) is 7.11. The number of carbonyl (C=O) groups excluding carboxylic acids is 1. The van der Waals surface area contributed by atoms with Gasteiger partial charge in [0.05, 0.1) is 6.61 Å². The Labute approximate surface area is 130 Å². The van der Waals surface area contributed by atoms with Gasteiger partial charge in [0.15, 0.2) is 0 Å². The summed E-state index contributed by atoms with van der Waals surface area (Å²) >= 11 is 1.43. The molecule has 21 heavy (non-hydrogen) atoms. The Hall–Kier alpha value is -1.31. The molecule has 3 atom stereocenters. The van der Waals surface area contributed by atoms with Gasteiger partial charge in [-0.2, -0.15) is 0 Å². The summed E-state index contributed by atoms with van der Waals surface area (Å²) in [6.07, 6.45) is 3.90. The van der Waals surface area contributed by atoms with Crippen molar-refractivity contribution in [1.82, 2.24) is 5.32 Å². The van der Waals surface area contributed by atoms with Gasteiger partial charge in [-0.25, -0.2) is 0 Å². The van der Waals surface area contributed by atoms with Crippen LogP contribution in [0.5, 0.6) is 0 Å². The lowest BCUT2D eigenvalue weighted by Crippen LogP contribution is -2.37. The topological polar surface area (TPSA) is 49.3 Å². The number of thiophene rings is 1. The normalized spacial score (nSPS) is 24.4. The third kappa shape index (κ3) is 3.87. The Kier molecular flexibility index (Phi) is 5.84. The zero-order valence-corrected chi connectivity index (χ0v) is 13.5. The lowest BCUT2D eigenvalue weighted by Gasteiger charge is -2.20. The van der Waals surface area contributed by atoms with Crippen LogP contribution in [0, 0.1) is 23.7 Å². The number of hydrogen-bond donors (Lipinski definition) is 2. The summed E-state index contributed by atoms with van der Waals surface area (Å²) in [7, 11) is 0. The lowest BCUT2D eigenvalue weighted by atomic mass is 9.93. The van der Waals surface area contributed by atoms with E-state index in [-0.39, 0.29) is 18.6 Å². The van der Waals surface area contributed by atoms with Crippen LogP contribution >= 0.6 is 11.3 Å². The van der Waals surface area contributed by atoms with Crippen molar-refractivity contribution in [1.29, 1.82) is 0 Å². The van der Waals surface area contributed by atoms with Gasteiger partial charge < -0.3 is 10.4 Å². The van der Waals surface area contributed by atoms with Crippen molar-refractivity contribution in [2.24, 2.45) is 11.8 Å². The summed E-state index contributed by atoms with van der Waals surface area (Å²) < 4.78 is 0. The minimum Gasteiger partial charge on any atom is -0.395 e. The van der Waals surface area contributed by atoms with Gasteiger partial charge in [0, 0.05) is 18.0 Å². The molecule has 1 saturated carbocycles. The van der Waals surface area contributed by atoms with E-state index >= 15 is 0 Å². The Morgan fingerprint density at radius 3 is 3.00 bits per heavy atom. The van der Waals surface area contributed by atoms with E-state index < -0.39 is 0 Å². The molecule has 0 aromatic carbocycles. The quantitative estimate of drug-likeness (QED) is 0.840. The summed E-state index contributed by atoms with van der Waals surface area (Å²) in [4.78, 5) is 13.1. The molecule has 0 bridgehead atoms. The largest absolute Gasteiger partial charge is 0.395 e. The highest BCUT2D eigenvalue weighted by Crippen LogP contribution is 2.34. The molecule has 1 amide bonds. The standard InChI is InChI=1S/C17H23NO2S/c1-3-13-7-8-15(12(13)2)18-17(20)16-14(9-11-21-16)6-4-5-10-19/h9,11-13,15,19H,3,5,7-8,10H2,1-2H3,(H,18,20). The molecule has 1 aromatic rings. The predicted molar refractivity (Wildman–Crippen MR) is 86.3 cm³/mol. The van der Waals surface area contributed by atoms with E-state index in [0.717, 1.165) is 17.9 Å². The van der Waals surface area contributed by atoms with Crippen LogP contribution in [0.4, 0.5) is 0 Å². The molecule has 2 N–H and O–H groups in total. The third-order valence-corrected chi connectivity index (χ3v) is 5.31. The number of rotatable bonds is 4. The average Bonchev–Trinajstić information content (AvgIpc) is 3.07. The van der Waals surface area contributed by atoms with Gasteiger partial charge in [-0.05, 0) is 36.1 Å². The van der Waals surface area contributed by atoms with E-state index in [9.17, 15) is 4.79 Å². The van der Waals surface area contributed by atoms with E-state index in [1.165, 1.54) is 24.2 Å². The van der Waals surface area contributed by atoms with Crippen molar-refractivity contribution in [2.75, 3.05) is 6.61 Å². The molecule has 1 aliphatic carbocycles. The van der Waals surface area contributed by atoms with E-state index in [1.54, 1.807) is 0 Å². The number of amides is 1. The Morgan fingerprint density at radius 2 is 2.33 bits per heavy atom. The molecule has 1 aliphatic rings. The fourth-order valence-corrected chi connectivity index (χ4v) is 3.81. The first kappa shape index (κ1) is 16.1. The van der Waals surface area contributed by atoms with Gasteiger partial charge in [-0.3, -0.25) is 4.79 Å². The first-order chi connectivity index (χ1) is 10.2.